The molecule has 1 amide bonds. The number of carboxylic acid groups (broad SMARTS) is 2. The zero-order valence-corrected chi connectivity index (χ0v) is 8.66. The molecule has 1 atom stereocenters. The van der Waals surface area contributed by atoms with Crippen molar-refractivity contribution in [2.75, 3.05) is 0 Å². The average molecular weight is 238 g/mol. The van der Waals surface area contributed by atoms with Crippen molar-refractivity contribution in [3.63, 3.8) is 0 Å². The van der Waals surface area contributed by atoms with Crippen LogP contribution in [0.2, 0.25) is 0 Å². The second-order valence-electron chi connectivity index (χ2n) is 3.18. The molecule has 0 aliphatic heterocycles. The summed E-state index contributed by atoms with van der Waals surface area (Å²) in [6.07, 6.45) is 0.690. The summed E-state index contributed by atoms with van der Waals surface area (Å²) < 4.78 is 0. The van der Waals surface area contributed by atoms with E-state index in [0.717, 1.165) is 0 Å². The fourth-order valence-electron chi connectivity index (χ4n) is 1.10. The third-order valence-corrected chi connectivity index (χ3v) is 1.88. The Morgan fingerprint density at radius 3 is 2.47 bits per heavy atom. The third kappa shape index (κ3) is 3.90. The van der Waals surface area contributed by atoms with Gasteiger partial charge < -0.3 is 15.5 Å². The first kappa shape index (κ1) is 12.6. The maximum Gasteiger partial charge on any atom is 0.326 e. The number of carbonyl (C=O) groups is 3. The van der Waals surface area contributed by atoms with E-state index in [1.54, 1.807) is 12.1 Å². The van der Waals surface area contributed by atoms with Gasteiger partial charge in [0.25, 0.3) is 5.91 Å². The van der Waals surface area contributed by atoms with Gasteiger partial charge in [-0.1, -0.05) is 6.07 Å². The minimum Gasteiger partial charge on any atom is -0.481 e. The summed E-state index contributed by atoms with van der Waals surface area (Å²) in [6, 6.07) is 3.09. The van der Waals surface area contributed by atoms with Gasteiger partial charge in [0.15, 0.2) is 0 Å². The molecule has 0 saturated carbocycles. The van der Waals surface area contributed by atoms with Crippen LogP contribution in [-0.4, -0.2) is 39.1 Å². The number of nitrogens with zero attached hydrogens (tertiary/aromatic N) is 1. The van der Waals surface area contributed by atoms with Crippen molar-refractivity contribution < 1.29 is 24.6 Å². The highest BCUT2D eigenvalue weighted by Crippen LogP contribution is 1.98. The molecule has 0 saturated heterocycles. The highest BCUT2D eigenvalue weighted by atomic mass is 16.4. The number of hydrogen-bond donors (Lipinski definition) is 3. The van der Waals surface area contributed by atoms with Gasteiger partial charge in [0, 0.05) is 6.20 Å². The largest absolute Gasteiger partial charge is 0.481 e. The number of hydrogen-bond acceptors (Lipinski definition) is 4. The molecular weight excluding hydrogens is 228 g/mol. The van der Waals surface area contributed by atoms with E-state index in [1.165, 1.54) is 12.3 Å². The number of aliphatic carboxylic acids is 2. The van der Waals surface area contributed by atoms with Gasteiger partial charge in [0.05, 0.1) is 6.42 Å². The van der Waals surface area contributed by atoms with Crippen LogP contribution in [0.4, 0.5) is 0 Å². The first-order valence-corrected chi connectivity index (χ1v) is 4.67. The molecular formula is C10H10N2O5. The number of carboxylic acids is 2. The van der Waals surface area contributed by atoms with Gasteiger partial charge in [0.2, 0.25) is 0 Å². The Morgan fingerprint density at radius 1 is 1.29 bits per heavy atom. The molecule has 90 valence electrons. The second-order valence-corrected chi connectivity index (χ2v) is 3.18. The van der Waals surface area contributed by atoms with Gasteiger partial charge >= 0.3 is 11.9 Å². The number of amides is 1. The lowest BCUT2D eigenvalue weighted by molar-refractivity contribution is -0.145. The Balaban J connectivity index is 2.71. The zero-order valence-electron chi connectivity index (χ0n) is 8.66. The van der Waals surface area contributed by atoms with Crippen LogP contribution in [0.3, 0.4) is 0 Å². The maximum absolute atomic E-state index is 11.5. The number of rotatable bonds is 5. The fraction of sp³-hybridized carbons (Fsp3) is 0.200. The molecule has 0 bridgehead atoms. The lowest BCUT2D eigenvalue weighted by Gasteiger charge is -2.11. The molecule has 0 fully saturated rings. The normalized spacial score (nSPS) is 11.5. The Labute approximate surface area is 96.1 Å². The quantitative estimate of drug-likeness (QED) is 0.650. The summed E-state index contributed by atoms with van der Waals surface area (Å²) in [6.45, 7) is 0. The van der Waals surface area contributed by atoms with Crippen molar-refractivity contribution in [3.8, 4) is 0 Å². The molecule has 0 spiro atoms. The number of pyridine rings is 1. The van der Waals surface area contributed by atoms with Gasteiger partial charge in [-0.25, -0.2) is 4.79 Å². The van der Waals surface area contributed by atoms with Crippen molar-refractivity contribution in [2.24, 2.45) is 0 Å². The molecule has 17 heavy (non-hydrogen) atoms. The molecule has 1 heterocycles. The molecule has 3 N–H and O–H groups in total. The molecule has 7 heteroatoms. The zero-order chi connectivity index (χ0) is 12.8. The Hall–Kier alpha value is -2.44. The topological polar surface area (TPSA) is 117 Å². The molecule has 0 aliphatic carbocycles. The maximum atomic E-state index is 11.5. The van der Waals surface area contributed by atoms with Crippen molar-refractivity contribution in [3.05, 3.63) is 30.1 Å². The van der Waals surface area contributed by atoms with Crippen LogP contribution in [0, 0.1) is 0 Å². The molecule has 0 aliphatic rings. The number of nitrogens with one attached hydrogen (secondary N) is 1. The SMILES string of the molecule is O=C(O)C[C@@H](NC(=O)c1ccccn1)C(=O)O. The van der Waals surface area contributed by atoms with Crippen LogP contribution < -0.4 is 5.32 Å². The van der Waals surface area contributed by atoms with E-state index in [2.05, 4.69) is 10.3 Å². The summed E-state index contributed by atoms with van der Waals surface area (Å²) in [5.74, 6) is -3.44. The van der Waals surface area contributed by atoms with Crippen LogP contribution >= 0.6 is 0 Å². The van der Waals surface area contributed by atoms with E-state index >= 15 is 0 Å². The highest BCUT2D eigenvalue weighted by molar-refractivity contribution is 5.95. The molecule has 0 radical (unpaired) electrons. The van der Waals surface area contributed by atoms with E-state index in [1.807, 2.05) is 0 Å². The molecule has 1 aromatic rings. The Kier molecular flexibility index (Phi) is 4.15. The highest BCUT2D eigenvalue weighted by Gasteiger charge is 2.23. The average Bonchev–Trinajstić information content (AvgIpc) is 2.28. The van der Waals surface area contributed by atoms with E-state index in [0.29, 0.717) is 0 Å². The van der Waals surface area contributed by atoms with Gasteiger partial charge in [-0.2, -0.15) is 0 Å². The van der Waals surface area contributed by atoms with Crippen molar-refractivity contribution >= 4 is 17.8 Å². The predicted molar refractivity (Wildman–Crippen MR) is 55.4 cm³/mol. The van der Waals surface area contributed by atoms with Crippen LogP contribution in [-0.2, 0) is 9.59 Å². The van der Waals surface area contributed by atoms with Crippen LogP contribution in [0.15, 0.2) is 24.4 Å². The van der Waals surface area contributed by atoms with Crippen LogP contribution in [0.1, 0.15) is 16.9 Å². The Bertz CT molecular complexity index is 432. The molecule has 0 unspecified atom stereocenters. The number of aromatic nitrogens is 1. The molecule has 1 aromatic heterocycles. The Morgan fingerprint density at radius 2 is 2.00 bits per heavy atom. The minimum atomic E-state index is -1.47. The van der Waals surface area contributed by atoms with Gasteiger partial charge in [-0.05, 0) is 12.1 Å². The first-order chi connectivity index (χ1) is 8.00. The van der Waals surface area contributed by atoms with Crippen molar-refractivity contribution in [2.45, 2.75) is 12.5 Å². The van der Waals surface area contributed by atoms with Crippen LogP contribution in [0.25, 0.3) is 0 Å². The summed E-state index contributed by atoms with van der Waals surface area (Å²) in [5, 5.41) is 19.3. The van der Waals surface area contributed by atoms with E-state index < -0.39 is 30.3 Å². The minimum absolute atomic E-state index is 0.0316. The standard InChI is InChI=1S/C10H10N2O5/c13-8(14)5-7(10(16)17)12-9(15)6-3-1-2-4-11-6/h1-4,7H,5H2,(H,12,15)(H,13,14)(H,16,17)/t7-/m1/s1. The lowest BCUT2D eigenvalue weighted by Crippen LogP contribution is -2.42. The smallest absolute Gasteiger partial charge is 0.326 e. The number of carbonyl (C=O) groups excluding carboxylic acids is 1. The summed E-state index contributed by atoms with van der Waals surface area (Å²) in [4.78, 5) is 36.3. The molecule has 7 nitrogen and oxygen atoms in total. The second kappa shape index (κ2) is 5.59. The summed E-state index contributed by atoms with van der Waals surface area (Å²) in [5.41, 5.74) is 0.0316. The van der Waals surface area contributed by atoms with E-state index in [4.69, 9.17) is 10.2 Å². The predicted octanol–water partition coefficient (Wildman–Crippen LogP) is -0.261. The monoisotopic (exact) mass is 238 g/mol. The molecule has 0 aromatic carbocycles. The summed E-state index contributed by atoms with van der Waals surface area (Å²) >= 11 is 0. The van der Waals surface area contributed by atoms with Gasteiger partial charge in [-0.3, -0.25) is 14.6 Å². The van der Waals surface area contributed by atoms with E-state index in [9.17, 15) is 14.4 Å². The van der Waals surface area contributed by atoms with Crippen molar-refractivity contribution in [1.29, 1.82) is 0 Å². The fourth-order valence-corrected chi connectivity index (χ4v) is 1.10. The van der Waals surface area contributed by atoms with Crippen LogP contribution in [0.5, 0.6) is 0 Å². The third-order valence-electron chi connectivity index (χ3n) is 1.88. The van der Waals surface area contributed by atoms with Gasteiger partial charge in [-0.15, -0.1) is 0 Å². The van der Waals surface area contributed by atoms with E-state index in [-0.39, 0.29) is 5.69 Å². The first-order valence-electron chi connectivity index (χ1n) is 4.67. The molecule has 1 rings (SSSR count). The summed E-state index contributed by atoms with van der Waals surface area (Å²) in [7, 11) is 0. The lowest BCUT2D eigenvalue weighted by atomic mass is 10.2. The van der Waals surface area contributed by atoms with Crippen molar-refractivity contribution in [1.82, 2.24) is 10.3 Å². The van der Waals surface area contributed by atoms with Gasteiger partial charge in [0.1, 0.15) is 11.7 Å².